The highest BCUT2D eigenvalue weighted by molar-refractivity contribution is 8.00. The largest absolute Gasteiger partial charge is 0.494 e. The predicted molar refractivity (Wildman–Crippen MR) is 136 cm³/mol. The zero-order chi connectivity index (χ0) is 23.6. The van der Waals surface area contributed by atoms with E-state index in [-0.39, 0.29) is 23.5 Å². The summed E-state index contributed by atoms with van der Waals surface area (Å²) < 4.78 is 5.44. The maximum Gasteiger partial charge on any atom is 0.237 e. The number of halogens is 1. The van der Waals surface area contributed by atoms with Gasteiger partial charge in [-0.2, -0.15) is 0 Å². The molecule has 5 nitrogen and oxygen atoms in total. The van der Waals surface area contributed by atoms with Crippen LogP contribution in [0.3, 0.4) is 0 Å². The number of ether oxygens (including phenoxy) is 1. The molecule has 0 fully saturated rings. The second-order valence-corrected chi connectivity index (χ2v) is 9.05. The molecular formula is C26H27ClN2O3S. The summed E-state index contributed by atoms with van der Waals surface area (Å²) >= 11 is 7.37. The number of nitrogens with one attached hydrogen (secondary N) is 2. The lowest BCUT2D eigenvalue weighted by molar-refractivity contribution is -0.116. The highest BCUT2D eigenvalue weighted by Gasteiger charge is 2.18. The molecule has 2 N–H and O–H groups in total. The molecule has 0 saturated carbocycles. The molecule has 0 radical (unpaired) electrons. The minimum atomic E-state index is -0.267. The number of carbonyl (C=O) groups is 2. The van der Waals surface area contributed by atoms with Gasteiger partial charge in [-0.1, -0.05) is 36.7 Å². The molecule has 0 aliphatic rings. The van der Waals surface area contributed by atoms with Crippen LogP contribution >= 0.6 is 23.4 Å². The van der Waals surface area contributed by atoms with E-state index >= 15 is 0 Å². The molecule has 3 aromatic carbocycles. The van der Waals surface area contributed by atoms with E-state index in [1.54, 1.807) is 12.1 Å². The molecule has 0 bridgehead atoms. The van der Waals surface area contributed by atoms with Crippen LogP contribution in [0.25, 0.3) is 0 Å². The van der Waals surface area contributed by atoms with Crippen molar-refractivity contribution < 1.29 is 14.3 Å². The van der Waals surface area contributed by atoms with E-state index in [1.807, 2.05) is 74.5 Å². The summed E-state index contributed by atoms with van der Waals surface area (Å²) in [5.74, 6) is 0.593. The van der Waals surface area contributed by atoms with E-state index in [0.29, 0.717) is 23.7 Å². The molecular weight excluding hydrogens is 456 g/mol. The Balaban J connectivity index is 1.58. The third-order valence-electron chi connectivity index (χ3n) is 4.77. The number of rotatable bonds is 10. The number of thioether (sulfide) groups is 1. The number of amides is 2. The monoisotopic (exact) mass is 482 g/mol. The summed E-state index contributed by atoms with van der Waals surface area (Å²) in [5, 5.41) is 6.26. The van der Waals surface area contributed by atoms with E-state index in [4.69, 9.17) is 16.3 Å². The van der Waals surface area contributed by atoms with Gasteiger partial charge in [0.15, 0.2) is 0 Å². The van der Waals surface area contributed by atoms with Gasteiger partial charge in [-0.25, -0.2) is 0 Å². The summed E-state index contributed by atoms with van der Waals surface area (Å²) in [6.45, 7) is 4.51. The van der Waals surface area contributed by atoms with Crippen molar-refractivity contribution in [2.24, 2.45) is 0 Å². The van der Waals surface area contributed by atoms with Crippen LogP contribution < -0.4 is 15.4 Å². The molecule has 0 spiro atoms. The van der Waals surface area contributed by atoms with Crippen LogP contribution in [0, 0.1) is 0 Å². The summed E-state index contributed by atoms with van der Waals surface area (Å²) in [5.41, 5.74) is 2.31. The zero-order valence-corrected chi connectivity index (χ0v) is 20.2. The lowest BCUT2D eigenvalue weighted by Crippen LogP contribution is -2.24. The molecule has 2 amide bonds. The number of anilines is 2. The van der Waals surface area contributed by atoms with Crippen LogP contribution in [0.2, 0.25) is 5.02 Å². The molecule has 0 saturated heterocycles. The molecule has 172 valence electrons. The van der Waals surface area contributed by atoms with Crippen LogP contribution in [0.15, 0.2) is 77.7 Å². The van der Waals surface area contributed by atoms with Crippen molar-refractivity contribution in [1.82, 2.24) is 0 Å². The average molecular weight is 483 g/mol. The fourth-order valence-corrected chi connectivity index (χ4v) is 4.29. The minimum absolute atomic E-state index is 0.0659. The normalized spacial score (nSPS) is 11.5. The van der Waals surface area contributed by atoms with Gasteiger partial charge in [0.2, 0.25) is 11.8 Å². The van der Waals surface area contributed by atoms with Gasteiger partial charge in [0.05, 0.1) is 18.3 Å². The van der Waals surface area contributed by atoms with E-state index in [0.717, 1.165) is 21.9 Å². The summed E-state index contributed by atoms with van der Waals surface area (Å²) in [6, 6.07) is 22.1. The second kappa shape index (κ2) is 12.3. The third-order valence-corrected chi connectivity index (χ3v) is 6.38. The SMILES string of the molecule is CCOc1ccc(NC(=O)C(CC)Sc2cccc(NC(=O)Cc3ccc(Cl)cc3)c2)cc1. The molecule has 33 heavy (non-hydrogen) atoms. The number of hydrogen-bond donors (Lipinski definition) is 2. The van der Waals surface area contributed by atoms with Crippen molar-refractivity contribution in [3.8, 4) is 5.75 Å². The van der Waals surface area contributed by atoms with E-state index in [2.05, 4.69) is 10.6 Å². The van der Waals surface area contributed by atoms with Gasteiger partial charge in [-0.05, 0) is 73.5 Å². The second-order valence-electron chi connectivity index (χ2n) is 7.34. The first-order chi connectivity index (χ1) is 16.0. The minimum Gasteiger partial charge on any atom is -0.494 e. The molecule has 3 aromatic rings. The lowest BCUT2D eigenvalue weighted by Gasteiger charge is -2.16. The molecule has 3 rings (SSSR count). The molecule has 0 aliphatic heterocycles. The first-order valence-electron chi connectivity index (χ1n) is 10.8. The van der Waals surface area contributed by atoms with E-state index in [1.165, 1.54) is 11.8 Å². The van der Waals surface area contributed by atoms with Crippen molar-refractivity contribution in [2.45, 2.75) is 36.8 Å². The molecule has 1 atom stereocenters. The summed E-state index contributed by atoms with van der Waals surface area (Å²) in [6.07, 6.45) is 0.928. The van der Waals surface area contributed by atoms with Crippen LogP contribution in [0.1, 0.15) is 25.8 Å². The van der Waals surface area contributed by atoms with Crippen molar-refractivity contribution in [3.63, 3.8) is 0 Å². The Bertz CT molecular complexity index is 1070. The van der Waals surface area contributed by atoms with Gasteiger partial charge < -0.3 is 15.4 Å². The van der Waals surface area contributed by atoms with Gasteiger partial charge in [-0.3, -0.25) is 9.59 Å². The first kappa shape index (κ1) is 24.7. The van der Waals surface area contributed by atoms with Gasteiger partial charge in [0.1, 0.15) is 5.75 Å². The third kappa shape index (κ3) is 7.84. The van der Waals surface area contributed by atoms with Crippen molar-refractivity contribution in [3.05, 3.63) is 83.4 Å². The van der Waals surface area contributed by atoms with Crippen LogP contribution in [0.4, 0.5) is 11.4 Å². The summed E-state index contributed by atoms with van der Waals surface area (Å²) in [4.78, 5) is 26.1. The van der Waals surface area contributed by atoms with Crippen molar-refractivity contribution in [2.75, 3.05) is 17.2 Å². The van der Waals surface area contributed by atoms with Gasteiger partial charge in [0.25, 0.3) is 0 Å². The Morgan fingerprint density at radius 3 is 2.33 bits per heavy atom. The quantitative estimate of drug-likeness (QED) is 0.327. The summed E-state index contributed by atoms with van der Waals surface area (Å²) in [7, 11) is 0. The topological polar surface area (TPSA) is 67.4 Å². The fraction of sp³-hybridized carbons (Fsp3) is 0.231. The van der Waals surface area contributed by atoms with Gasteiger partial charge in [-0.15, -0.1) is 11.8 Å². The Morgan fingerprint density at radius 2 is 1.67 bits per heavy atom. The van der Waals surface area contributed by atoms with Gasteiger partial charge >= 0.3 is 0 Å². The zero-order valence-electron chi connectivity index (χ0n) is 18.6. The standard InChI is InChI=1S/C26H27ClN2O3S/c1-3-24(26(31)29-20-12-14-22(15-13-20)32-4-2)33-23-7-5-6-21(17-23)28-25(30)16-18-8-10-19(27)11-9-18/h5-15,17,24H,3-4,16H2,1-2H3,(H,28,30)(H,29,31). The number of benzene rings is 3. The highest BCUT2D eigenvalue weighted by atomic mass is 35.5. The lowest BCUT2D eigenvalue weighted by atomic mass is 10.1. The average Bonchev–Trinajstić information content (AvgIpc) is 2.80. The Hall–Kier alpha value is -2.96. The molecule has 7 heteroatoms. The van der Waals surface area contributed by atoms with Crippen LogP contribution in [0.5, 0.6) is 5.75 Å². The van der Waals surface area contributed by atoms with Crippen LogP contribution in [-0.4, -0.2) is 23.7 Å². The Kier molecular flexibility index (Phi) is 9.22. The maximum absolute atomic E-state index is 12.8. The molecule has 0 aromatic heterocycles. The van der Waals surface area contributed by atoms with Crippen molar-refractivity contribution in [1.29, 1.82) is 0 Å². The molecule has 0 heterocycles. The maximum atomic E-state index is 12.8. The first-order valence-corrected chi connectivity index (χ1v) is 12.1. The van der Waals surface area contributed by atoms with Crippen molar-refractivity contribution >= 4 is 46.6 Å². The molecule has 1 unspecified atom stereocenters. The predicted octanol–water partition coefficient (Wildman–Crippen LogP) is 6.43. The molecule has 0 aliphatic carbocycles. The van der Waals surface area contributed by atoms with Gasteiger partial charge in [0, 0.05) is 21.3 Å². The Labute approximate surface area is 203 Å². The number of hydrogen-bond acceptors (Lipinski definition) is 4. The van der Waals surface area contributed by atoms with E-state index in [9.17, 15) is 9.59 Å². The number of carbonyl (C=O) groups excluding carboxylic acids is 2. The smallest absolute Gasteiger partial charge is 0.237 e. The Morgan fingerprint density at radius 1 is 0.939 bits per heavy atom. The highest BCUT2D eigenvalue weighted by Crippen LogP contribution is 2.29. The van der Waals surface area contributed by atoms with Crippen LogP contribution in [-0.2, 0) is 16.0 Å². The fourth-order valence-electron chi connectivity index (χ4n) is 3.15. The van der Waals surface area contributed by atoms with E-state index < -0.39 is 0 Å².